The van der Waals surface area contributed by atoms with E-state index in [-0.39, 0.29) is 23.8 Å². The van der Waals surface area contributed by atoms with Gasteiger partial charge in [-0.25, -0.2) is 9.18 Å². The summed E-state index contributed by atoms with van der Waals surface area (Å²) in [7, 11) is 1.51. The molecule has 1 aliphatic carbocycles. The second kappa shape index (κ2) is 8.45. The van der Waals surface area contributed by atoms with Crippen molar-refractivity contribution in [1.82, 2.24) is 10.2 Å². The van der Waals surface area contributed by atoms with Gasteiger partial charge in [0.2, 0.25) is 0 Å². The second-order valence-electron chi connectivity index (χ2n) is 7.10. The number of carboxylic acid groups (broad SMARTS) is 1. The Bertz CT molecular complexity index is 684. The number of piperazine rings is 1. The Morgan fingerprint density at radius 3 is 2.41 bits per heavy atom. The molecular formula is C19H26FN3O4. The molecule has 1 heterocycles. The molecule has 0 atom stereocenters. The van der Waals surface area contributed by atoms with Crippen molar-refractivity contribution in [3.05, 3.63) is 24.0 Å². The van der Waals surface area contributed by atoms with Crippen molar-refractivity contribution >= 4 is 17.7 Å². The molecule has 27 heavy (non-hydrogen) atoms. The van der Waals surface area contributed by atoms with E-state index in [1.54, 1.807) is 17.0 Å². The maximum absolute atomic E-state index is 14.2. The van der Waals surface area contributed by atoms with Crippen LogP contribution < -0.4 is 15.0 Å². The van der Waals surface area contributed by atoms with Crippen LogP contribution in [0, 0.1) is 11.7 Å². The standard InChI is InChI=1S/C19H26FN3O4/c1-27-16-4-2-3-15(20)17(16)22-9-11-23(12-10-22)19(26)21-14-7-5-13(6-8-14)18(24)25/h2-4,13-14H,5-12H2,1H3,(H,21,26)(H,24,25). The molecule has 1 aromatic rings. The number of hydrogen-bond donors (Lipinski definition) is 2. The summed E-state index contributed by atoms with van der Waals surface area (Å²) in [5.41, 5.74) is 0.437. The van der Waals surface area contributed by atoms with Crippen LogP contribution in [0.2, 0.25) is 0 Å². The lowest BCUT2D eigenvalue weighted by molar-refractivity contribution is -0.142. The third-order valence-corrected chi connectivity index (χ3v) is 5.46. The van der Waals surface area contributed by atoms with E-state index in [0.717, 1.165) is 0 Å². The van der Waals surface area contributed by atoms with Crippen molar-refractivity contribution in [1.29, 1.82) is 0 Å². The van der Waals surface area contributed by atoms with Crippen LogP contribution >= 0.6 is 0 Å². The molecule has 1 saturated carbocycles. The molecule has 2 amide bonds. The van der Waals surface area contributed by atoms with Gasteiger partial charge in [0.05, 0.1) is 13.0 Å². The first kappa shape index (κ1) is 19.3. The monoisotopic (exact) mass is 379 g/mol. The normalized spacial score (nSPS) is 23.0. The summed E-state index contributed by atoms with van der Waals surface area (Å²) in [6.07, 6.45) is 2.58. The largest absolute Gasteiger partial charge is 0.494 e. The first-order valence-electron chi connectivity index (χ1n) is 9.35. The number of carbonyl (C=O) groups is 2. The number of hydrogen-bond acceptors (Lipinski definition) is 4. The number of rotatable bonds is 4. The molecule has 7 nitrogen and oxygen atoms in total. The zero-order valence-corrected chi connectivity index (χ0v) is 15.5. The smallest absolute Gasteiger partial charge is 0.317 e. The highest BCUT2D eigenvalue weighted by Gasteiger charge is 2.29. The highest BCUT2D eigenvalue weighted by Crippen LogP contribution is 2.31. The highest BCUT2D eigenvalue weighted by atomic mass is 19.1. The van der Waals surface area contributed by atoms with Gasteiger partial charge in [-0.3, -0.25) is 4.79 Å². The van der Waals surface area contributed by atoms with Crippen LogP contribution in [0.5, 0.6) is 5.75 Å². The molecule has 2 fully saturated rings. The first-order valence-corrected chi connectivity index (χ1v) is 9.35. The van der Waals surface area contributed by atoms with E-state index < -0.39 is 5.97 Å². The fourth-order valence-corrected chi connectivity index (χ4v) is 3.85. The molecule has 3 rings (SSSR count). The second-order valence-corrected chi connectivity index (χ2v) is 7.10. The van der Waals surface area contributed by atoms with E-state index in [1.165, 1.54) is 13.2 Å². The van der Waals surface area contributed by atoms with Crippen molar-refractivity contribution in [2.45, 2.75) is 31.7 Å². The minimum absolute atomic E-state index is 0.0257. The van der Waals surface area contributed by atoms with E-state index in [4.69, 9.17) is 9.84 Å². The van der Waals surface area contributed by atoms with E-state index in [9.17, 15) is 14.0 Å². The zero-order valence-electron chi connectivity index (χ0n) is 15.5. The van der Waals surface area contributed by atoms with E-state index in [0.29, 0.717) is 63.3 Å². The van der Waals surface area contributed by atoms with Crippen LogP contribution in [-0.4, -0.2) is 61.3 Å². The number of carbonyl (C=O) groups excluding carboxylic acids is 1. The maximum atomic E-state index is 14.2. The number of ether oxygens (including phenoxy) is 1. The first-order chi connectivity index (χ1) is 13.0. The summed E-state index contributed by atoms with van der Waals surface area (Å²) in [6, 6.07) is 4.64. The summed E-state index contributed by atoms with van der Waals surface area (Å²) in [5, 5.41) is 12.1. The predicted octanol–water partition coefficient (Wildman–Crippen LogP) is 2.31. The zero-order chi connectivity index (χ0) is 19.4. The average molecular weight is 379 g/mol. The van der Waals surface area contributed by atoms with Gasteiger partial charge in [-0.15, -0.1) is 0 Å². The van der Waals surface area contributed by atoms with Gasteiger partial charge >= 0.3 is 12.0 Å². The van der Waals surface area contributed by atoms with Crippen LogP contribution in [0.25, 0.3) is 0 Å². The van der Waals surface area contributed by atoms with E-state index in [1.807, 2.05) is 4.90 Å². The molecule has 0 radical (unpaired) electrons. The molecule has 2 N–H and O–H groups in total. The Balaban J connectivity index is 1.51. The number of amides is 2. The minimum Gasteiger partial charge on any atom is -0.494 e. The fourth-order valence-electron chi connectivity index (χ4n) is 3.85. The lowest BCUT2D eigenvalue weighted by Gasteiger charge is -2.37. The summed E-state index contributed by atoms with van der Waals surface area (Å²) in [4.78, 5) is 27.1. The molecule has 2 aliphatic rings. The number of anilines is 1. The number of halogens is 1. The summed E-state index contributed by atoms with van der Waals surface area (Å²) in [6.45, 7) is 2.04. The lowest BCUT2D eigenvalue weighted by atomic mass is 9.86. The minimum atomic E-state index is -0.750. The van der Waals surface area contributed by atoms with Gasteiger partial charge in [-0.05, 0) is 37.8 Å². The summed E-state index contributed by atoms with van der Waals surface area (Å²) >= 11 is 0. The maximum Gasteiger partial charge on any atom is 0.317 e. The van der Waals surface area contributed by atoms with Crippen molar-refractivity contribution in [2.24, 2.45) is 5.92 Å². The van der Waals surface area contributed by atoms with Crippen LogP contribution in [0.4, 0.5) is 14.9 Å². The van der Waals surface area contributed by atoms with Gasteiger partial charge in [-0.2, -0.15) is 0 Å². The summed E-state index contributed by atoms with van der Waals surface area (Å²) < 4.78 is 19.5. The van der Waals surface area contributed by atoms with Crippen LogP contribution in [-0.2, 0) is 4.79 Å². The molecule has 8 heteroatoms. The van der Waals surface area contributed by atoms with Gasteiger partial charge in [0.15, 0.2) is 0 Å². The quantitative estimate of drug-likeness (QED) is 0.839. The van der Waals surface area contributed by atoms with Crippen LogP contribution in [0.3, 0.4) is 0 Å². The number of urea groups is 1. The Labute approximate surface area is 158 Å². The number of nitrogens with zero attached hydrogens (tertiary/aromatic N) is 2. The Morgan fingerprint density at radius 1 is 1.15 bits per heavy atom. The number of carboxylic acids is 1. The average Bonchev–Trinajstić information content (AvgIpc) is 2.68. The number of methoxy groups -OCH3 is 1. The van der Waals surface area contributed by atoms with Crippen molar-refractivity contribution in [3.8, 4) is 5.75 Å². The Hall–Kier alpha value is -2.51. The van der Waals surface area contributed by atoms with Crippen molar-refractivity contribution < 1.29 is 23.8 Å². The van der Waals surface area contributed by atoms with Crippen molar-refractivity contribution in [3.63, 3.8) is 0 Å². The topological polar surface area (TPSA) is 82.1 Å². The van der Waals surface area contributed by atoms with E-state index in [2.05, 4.69) is 5.32 Å². The van der Waals surface area contributed by atoms with E-state index >= 15 is 0 Å². The number of benzene rings is 1. The number of aliphatic carboxylic acids is 1. The summed E-state index contributed by atoms with van der Waals surface area (Å²) in [5.74, 6) is -0.887. The van der Waals surface area contributed by atoms with Gasteiger partial charge in [0.25, 0.3) is 0 Å². The molecule has 1 saturated heterocycles. The molecule has 1 aromatic carbocycles. The van der Waals surface area contributed by atoms with Crippen LogP contribution in [0.1, 0.15) is 25.7 Å². The Morgan fingerprint density at radius 2 is 1.81 bits per heavy atom. The van der Waals surface area contributed by atoms with Gasteiger partial charge in [0, 0.05) is 32.2 Å². The molecule has 148 valence electrons. The number of para-hydroxylation sites is 1. The van der Waals surface area contributed by atoms with Gasteiger partial charge in [-0.1, -0.05) is 6.07 Å². The molecule has 0 bridgehead atoms. The highest BCUT2D eigenvalue weighted by molar-refractivity contribution is 5.75. The van der Waals surface area contributed by atoms with Crippen LogP contribution in [0.15, 0.2) is 18.2 Å². The molecule has 0 aromatic heterocycles. The molecule has 0 spiro atoms. The number of nitrogens with one attached hydrogen (secondary N) is 1. The molecule has 0 unspecified atom stereocenters. The van der Waals surface area contributed by atoms with Gasteiger partial charge < -0.3 is 25.0 Å². The third kappa shape index (κ3) is 4.43. The van der Waals surface area contributed by atoms with Crippen molar-refractivity contribution in [2.75, 3.05) is 38.2 Å². The fraction of sp³-hybridized carbons (Fsp3) is 0.579. The SMILES string of the molecule is COc1cccc(F)c1N1CCN(C(=O)NC2CCC(C(=O)O)CC2)CC1. The molecule has 1 aliphatic heterocycles. The lowest BCUT2D eigenvalue weighted by Crippen LogP contribution is -2.54. The third-order valence-electron chi connectivity index (χ3n) is 5.46. The Kier molecular flexibility index (Phi) is 6.03. The molecular weight excluding hydrogens is 353 g/mol. The predicted molar refractivity (Wildman–Crippen MR) is 98.7 cm³/mol. The van der Waals surface area contributed by atoms with Gasteiger partial charge in [0.1, 0.15) is 17.3 Å².